The van der Waals surface area contributed by atoms with Crippen molar-refractivity contribution < 1.29 is 9.53 Å². The smallest absolute Gasteiger partial charge is 0.237 e. The number of H-pyrrole nitrogens is 1. The molecule has 3 rings (SSSR count). The summed E-state index contributed by atoms with van der Waals surface area (Å²) >= 11 is 0. The normalized spacial score (nSPS) is 10.6. The Hall–Kier alpha value is -2.62. The van der Waals surface area contributed by atoms with Gasteiger partial charge in [0.2, 0.25) is 6.29 Å². The number of fused-ring (bicyclic) bond motifs is 1. The van der Waals surface area contributed by atoms with Crippen molar-refractivity contribution in [3.05, 3.63) is 48.3 Å². The van der Waals surface area contributed by atoms with Crippen molar-refractivity contribution in [1.82, 2.24) is 9.97 Å². The maximum absolute atomic E-state index is 10.8. The quantitative estimate of drug-likeness (QED) is 0.778. The van der Waals surface area contributed by atoms with Crippen LogP contribution in [0.15, 0.2) is 42.7 Å². The van der Waals surface area contributed by atoms with Gasteiger partial charge in [0.25, 0.3) is 0 Å². The molecule has 0 saturated heterocycles. The third-order valence-electron chi connectivity index (χ3n) is 3.08. The van der Waals surface area contributed by atoms with Crippen LogP contribution < -0.4 is 4.74 Å². The van der Waals surface area contributed by atoms with E-state index in [9.17, 15) is 4.79 Å². The van der Waals surface area contributed by atoms with E-state index in [0.717, 1.165) is 22.4 Å². The van der Waals surface area contributed by atoms with E-state index in [1.807, 2.05) is 36.6 Å². The summed E-state index contributed by atoms with van der Waals surface area (Å²) in [6.45, 7) is 0. The average molecular weight is 251 g/mol. The molecule has 2 heterocycles. The van der Waals surface area contributed by atoms with Crippen LogP contribution in [0.1, 0.15) is 5.56 Å². The second-order valence-corrected chi connectivity index (χ2v) is 4.12. The number of hydrogen-bond donors (Lipinski definition) is 1. The maximum Gasteiger partial charge on any atom is 0.237 e. The van der Waals surface area contributed by atoms with Gasteiger partial charge in [0.05, 0.1) is 23.7 Å². The number of aromatic nitrogens is 2. The Morgan fingerprint density at radius 3 is 2.68 bits per heavy atom. The van der Waals surface area contributed by atoms with Crippen LogP contribution in [0.25, 0.3) is 22.2 Å². The largest absolute Gasteiger partial charge is 0.497 e. The van der Waals surface area contributed by atoms with Crippen LogP contribution in [0.4, 0.5) is 0 Å². The standard InChI is InChI=1S/C15H11N2O2/c1-19-12-4-2-10(3-5-12)13-6-7-16-14-11(9-18)8-17-15(13)14/h2-8,17H,1H3. The number of benzene rings is 1. The molecule has 0 aliphatic heterocycles. The number of nitrogens with one attached hydrogen (secondary N) is 1. The fourth-order valence-corrected chi connectivity index (χ4v) is 2.11. The Morgan fingerprint density at radius 2 is 2.00 bits per heavy atom. The number of methoxy groups -OCH3 is 1. The molecule has 4 nitrogen and oxygen atoms in total. The highest BCUT2D eigenvalue weighted by Gasteiger charge is 2.10. The van der Waals surface area contributed by atoms with Crippen molar-refractivity contribution in [2.75, 3.05) is 7.11 Å². The highest BCUT2D eigenvalue weighted by atomic mass is 16.5. The molecule has 0 amide bonds. The summed E-state index contributed by atoms with van der Waals surface area (Å²) in [5, 5.41) is 0. The summed E-state index contributed by atoms with van der Waals surface area (Å²) in [6, 6.07) is 9.65. The van der Waals surface area contributed by atoms with Crippen LogP contribution in [0.3, 0.4) is 0 Å². The van der Waals surface area contributed by atoms with Crippen molar-refractivity contribution in [2.24, 2.45) is 0 Å². The molecule has 0 spiro atoms. The summed E-state index contributed by atoms with van der Waals surface area (Å²) in [5.41, 5.74) is 3.96. The zero-order valence-electron chi connectivity index (χ0n) is 10.3. The van der Waals surface area contributed by atoms with Crippen LogP contribution >= 0.6 is 0 Å². The zero-order chi connectivity index (χ0) is 13.2. The first kappa shape index (κ1) is 11.5. The Morgan fingerprint density at radius 1 is 1.21 bits per heavy atom. The van der Waals surface area contributed by atoms with E-state index in [2.05, 4.69) is 9.97 Å². The predicted molar refractivity (Wildman–Crippen MR) is 72.9 cm³/mol. The molecular formula is C15H11N2O2. The third kappa shape index (κ3) is 1.87. The molecule has 0 fully saturated rings. The third-order valence-corrected chi connectivity index (χ3v) is 3.08. The number of nitrogens with zero attached hydrogens (tertiary/aromatic N) is 1. The zero-order valence-corrected chi connectivity index (χ0v) is 10.3. The minimum Gasteiger partial charge on any atom is -0.497 e. The number of pyridine rings is 1. The predicted octanol–water partition coefficient (Wildman–Crippen LogP) is 2.70. The van der Waals surface area contributed by atoms with Gasteiger partial charge >= 0.3 is 0 Å². The van der Waals surface area contributed by atoms with Gasteiger partial charge in [-0.05, 0) is 23.8 Å². The van der Waals surface area contributed by atoms with Gasteiger partial charge in [-0.1, -0.05) is 12.1 Å². The van der Waals surface area contributed by atoms with Crippen LogP contribution in [-0.4, -0.2) is 23.4 Å². The molecule has 3 aromatic rings. The van der Waals surface area contributed by atoms with Gasteiger partial charge in [-0.15, -0.1) is 0 Å². The van der Waals surface area contributed by atoms with Crippen molar-refractivity contribution in [1.29, 1.82) is 0 Å². The van der Waals surface area contributed by atoms with Crippen LogP contribution in [0.5, 0.6) is 5.75 Å². The lowest BCUT2D eigenvalue weighted by Gasteiger charge is -2.05. The lowest BCUT2D eigenvalue weighted by molar-refractivity contribution is 0.415. The van der Waals surface area contributed by atoms with Gasteiger partial charge < -0.3 is 9.72 Å². The second kappa shape index (κ2) is 4.57. The van der Waals surface area contributed by atoms with E-state index in [1.54, 1.807) is 19.5 Å². The van der Waals surface area contributed by atoms with E-state index >= 15 is 0 Å². The number of aromatic amines is 1. The van der Waals surface area contributed by atoms with Gasteiger partial charge in [0.1, 0.15) is 5.75 Å². The van der Waals surface area contributed by atoms with Crippen LogP contribution in [-0.2, 0) is 4.79 Å². The van der Waals surface area contributed by atoms with Crippen molar-refractivity contribution in [3.63, 3.8) is 0 Å². The highest BCUT2D eigenvalue weighted by Crippen LogP contribution is 2.28. The lowest BCUT2D eigenvalue weighted by atomic mass is 10.1. The highest BCUT2D eigenvalue weighted by molar-refractivity contribution is 6.01. The van der Waals surface area contributed by atoms with Gasteiger partial charge in [0.15, 0.2) is 0 Å². The van der Waals surface area contributed by atoms with Gasteiger partial charge in [-0.3, -0.25) is 9.78 Å². The van der Waals surface area contributed by atoms with Crippen LogP contribution in [0.2, 0.25) is 0 Å². The van der Waals surface area contributed by atoms with E-state index in [4.69, 9.17) is 4.74 Å². The topological polar surface area (TPSA) is 55.0 Å². The van der Waals surface area contributed by atoms with Crippen LogP contribution in [0, 0.1) is 0 Å². The molecule has 0 saturated carbocycles. The first-order valence-electron chi connectivity index (χ1n) is 5.82. The van der Waals surface area contributed by atoms with Gasteiger partial charge in [-0.2, -0.15) is 0 Å². The van der Waals surface area contributed by atoms with Gasteiger partial charge in [0, 0.05) is 18.0 Å². The Labute approximate surface area is 110 Å². The van der Waals surface area contributed by atoms with Crippen molar-refractivity contribution in [3.8, 4) is 16.9 Å². The average Bonchev–Trinajstić information content (AvgIpc) is 2.90. The summed E-state index contributed by atoms with van der Waals surface area (Å²) in [4.78, 5) is 18.1. The number of ether oxygens (including phenoxy) is 1. The molecule has 0 aliphatic carbocycles. The van der Waals surface area contributed by atoms with E-state index < -0.39 is 0 Å². The van der Waals surface area contributed by atoms with Crippen molar-refractivity contribution >= 4 is 17.3 Å². The number of carbonyl (C=O) groups excluding carboxylic acids is 1. The van der Waals surface area contributed by atoms with Gasteiger partial charge in [-0.25, -0.2) is 0 Å². The van der Waals surface area contributed by atoms with E-state index in [1.165, 1.54) is 0 Å². The minimum absolute atomic E-state index is 0.449. The molecule has 0 bridgehead atoms. The van der Waals surface area contributed by atoms with E-state index in [0.29, 0.717) is 11.1 Å². The van der Waals surface area contributed by atoms with E-state index in [-0.39, 0.29) is 0 Å². The van der Waals surface area contributed by atoms with Crippen molar-refractivity contribution in [2.45, 2.75) is 0 Å². The Balaban J connectivity index is 2.18. The SMILES string of the molecule is COc1ccc(-c2ccnc3c([C]=O)c[nH]c23)cc1. The molecule has 0 unspecified atom stereocenters. The second-order valence-electron chi connectivity index (χ2n) is 4.12. The monoisotopic (exact) mass is 251 g/mol. The molecule has 93 valence electrons. The molecule has 0 aliphatic rings. The number of rotatable bonds is 3. The molecule has 1 aromatic carbocycles. The summed E-state index contributed by atoms with van der Waals surface area (Å²) in [6.07, 6.45) is 5.20. The fourth-order valence-electron chi connectivity index (χ4n) is 2.11. The first-order valence-corrected chi connectivity index (χ1v) is 5.82. The minimum atomic E-state index is 0.449. The molecular weight excluding hydrogens is 240 g/mol. The first-order chi connectivity index (χ1) is 9.33. The fraction of sp³-hybridized carbons (Fsp3) is 0.0667. The maximum atomic E-state index is 10.8. The lowest BCUT2D eigenvalue weighted by Crippen LogP contribution is -1.86. The molecule has 2 aromatic heterocycles. The Bertz CT molecular complexity index is 729. The Kier molecular flexibility index (Phi) is 2.76. The molecule has 1 radical (unpaired) electrons. The molecule has 1 N–H and O–H groups in total. The summed E-state index contributed by atoms with van der Waals surface area (Å²) < 4.78 is 5.14. The summed E-state index contributed by atoms with van der Waals surface area (Å²) in [5.74, 6) is 0.808. The molecule has 19 heavy (non-hydrogen) atoms. The molecule has 4 heteroatoms. The molecule has 0 atom stereocenters. The number of hydrogen-bond acceptors (Lipinski definition) is 3. The summed E-state index contributed by atoms with van der Waals surface area (Å²) in [7, 11) is 1.64.